The average molecular weight is 834 g/mol. The maximum atomic E-state index is 15.3. The maximum Gasteiger partial charge on any atom is 0.303 e. The number of fused-ring (bicyclic) bond motifs is 1. The molecular formula is C46H67N5O7S. The van der Waals surface area contributed by atoms with Crippen LogP contribution in [0, 0.1) is 38.9 Å². The number of likely N-dealkylation sites (tertiary alicyclic amines) is 2. The van der Waals surface area contributed by atoms with E-state index >= 15 is 4.79 Å². The molecule has 12 nitrogen and oxygen atoms in total. The van der Waals surface area contributed by atoms with Crippen LogP contribution in [0.1, 0.15) is 130 Å². The first kappa shape index (κ1) is 43.7. The molecule has 3 heterocycles. The van der Waals surface area contributed by atoms with Gasteiger partial charge in [0, 0.05) is 43.8 Å². The molecule has 7 atom stereocenters. The van der Waals surface area contributed by atoms with Crippen LogP contribution in [0.25, 0.3) is 0 Å². The van der Waals surface area contributed by atoms with Gasteiger partial charge in [-0.05, 0) is 92.2 Å². The van der Waals surface area contributed by atoms with Crippen LogP contribution in [-0.4, -0.2) is 96.6 Å². The van der Waals surface area contributed by atoms with Crippen molar-refractivity contribution in [1.82, 2.24) is 24.1 Å². The number of Topliss-reactive ketones (excluding diaryl/α,β-unsaturated/α-hetero) is 2. The van der Waals surface area contributed by atoms with Crippen molar-refractivity contribution in [3.63, 3.8) is 0 Å². The lowest BCUT2D eigenvalue weighted by Crippen LogP contribution is -2.51. The Bertz CT molecular complexity index is 1950. The number of carbonyl (C=O) groups is 5. The summed E-state index contributed by atoms with van der Waals surface area (Å²) in [7, 11) is -4.07. The first-order valence-electron chi connectivity index (χ1n) is 22.2. The molecule has 324 valence electrons. The molecule has 59 heavy (non-hydrogen) atoms. The van der Waals surface area contributed by atoms with Gasteiger partial charge in [0.15, 0.2) is 11.6 Å². The summed E-state index contributed by atoms with van der Waals surface area (Å²) in [6, 6.07) is 7.09. The van der Waals surface area contributed by atoms with E-state index in [2.05, 4.69) is 35.4 Å². The van der Waals surface area contributed by atoms with Crippen molar-refractivity contribution in [3.05, 3.63) is 48.6 Å². The summed E-state index contributed by atoms with van der Waals surface area (Å²) >= 11 is 0. The van der Waals surface area contributed by atoms with Gasteiger partial charge in [-0.25, -0.2) is 4.72 Å². The predicted octanol–water partition coefficient (Wildman–Crippen LogP) is 5.75. The maximum absolute atomic E-state index is 15.3. The van der Waals surface area contributed by atoms with Gasteiger partial charge >= 0.3 is 10.2 Å². The second-order valence-corrected chi connectivity index (χ2v) is 22.0. The van der Waals surface area contributed by atoms with Gasteiger partial charge in [-0.15, -0.1) is 6.58 Å². The zero-order valence-corrected chi connectivity index (χ0v) is 37.0. The third kappa shape index (κ3) is 7.42. The molecule has 3 saturated carbocycles. The van der Waals surface area contributed by atoms with E-state index in [4.69, 9.17) is 0 Å². The smallest absolute Gasteiger partial charge is 0.303 e. The van der Waals surface area contributed by atoms with Gasteiger partial charge in [-0.2, -0.15) is 12.7 Å². The Morgan fingerprint density at radius 1 is 0.915 bits per heavy atom. The molecule has 3 saturated heterocycles. The number of likely N-dealkylation sites (N-methyl/N-ethyl adjacent to an activating group) is 1. The van der Waals surface area contributed by atoms with Crippen LogP contribution in [0.5, 0.6) is 0 Å². The molecule has 7 rings (SSSR count). The lowest BCUT2D eigenvalue weighted by Gasteiger charge is -2.37. The lowest BCUT2D eigenvalue weighted by atomic mass is 9.73. The van der Waals surface area contributed by atoms with Gasteiger partial charge in [0.1, 0.15) is 6.04 Å². The molecule has 0 radical (unpaired) electrons. The zero-order valence-electron chi connectivity index (χ0n) is 36.2. The molecule has 3 aliphatic heterocycles. The first-order chi connectivity index (χ1) is 27.8. The molecule has 13 heteroatoms. The van der Waals surface area contributed by atoms with E-state index in [1.54, 1.807) is 11.0 Å². The third-order valence-corrected chi connectivity index (χ3v) is 17.8. The highest BCUT2D eigenvalue weighted by molar-refractivity contribution is 7.87. The highest BCUT2D eigenvalue weighted by atomic mass is 32.2. The van der Waals surface area contributed by atoms with E-state index in [1.165, 1.54) is 4.31 Å². The molecule has 6 fully saturated rings. The Kier molecular flexibility index (Phi) is 11.7. The topological polar surface area (TPSA) is 153 Å². The molecular weight excluding hydrogens is 767 g/mol. The summed E-state index contributed by atoms with van der Waals surface area (Å²) in [6.07, 6.45) is 9.31. The van der Waals surface area contributed by atoms with Crippen molar-refractivity contribution < 1.29 is 32.4 Å². The van der Waals surface area contributed by atoms with Crippen LogP contribution in [0.3, 0.4) is 0 Å². The lowest BCUT2D eigenvalue weighted by molar-refractivity contribution is -0.146. The van der Waals surface area contributed by atoms with E-state index in [-0.39, 0.29) is 64.4 Å². The fourth-order valence-corrected chi connectivity index (χ4v) is 13.4. The normalized spacial score (nSPS) is 30.9. The largest absolute Gasteiger partial charge is 0.341 e. The Morgan fingerprint density at radius 2 is 1.58 bits per heavy atom. The molecule has 3 aliphatic carbocycles. The fourth-order valence-electron chi connectivity index (χ4n) is 12.1. The molecule has 2 spiro atoms. The number of hydrogen-bond acceptors (Lipinski definition) is 8. The number of benzene rings is 1. The molecule has 1 aromatic rings. The van der Waals surface area contributed by atoms with Crippen molar-refractivity contribution in [3.8, 4) is 0 Å². The highest BCUT2D eigenvalue weighted by Gasteiger charge is 2.85. The quantitative estimate of drug-likeness (QED) is 0.212. The van der Waals surface area contributed by atoms with Gasteiger partial charge in [-0.1, -0.05) is 90.8 Å². The van der Waals surface area contributed by atoms with Crippen LogP contribution < -0.4 is 10.0 Å². The SMILES string of the molecule is C=C[C@@H]1C[C@]1(CC(=O)[C@@H]1C[C@@]2(CN1C(=O)[C@@H](CC(=O)[C@@H](NC(=O)[C@@H]1CCCCN1CC)c1ccccc1)C(C)(C)C)C(C)(C)C21CCC1)C(=O)NS(=O)(=O)N1CCCC1. The van der Waals surface area contributed by atoms with E-state index in [0.717, 1.165) is 58.0 Å². The Hall–Kier alpha value is -3.42. The zero-order chi connectivity index (χ0) is 42.8. The Labute approximate surface area is 351 Å². The van der Waals surface area contributed by atoms with Crippen LogP contribution >= 0.6 is 0 Å². The van der Waals surface area contributed by atoms with Crippen LogP contribution in [0.15, 0.2) is 43.0 Å². The van der Waals surface area contributed by atoms with Gasteiger partial charge < -0.3 is 10.2 Å². The molecule has 0 bridgehead atoms. The summed E-state index contributed by atoms with van der Waals surface area (Å²) in [4.78, 5) is 76.6. The minimum absolute atomic E-state index is 0.0108. The molecule has 6 aliphatic rings. The second-order valence-electron chi connectivity index (χ2n) is 20.3. The number of ketones is 2. The number of carbonyl (C=O) groups excluding carboxylic acids is 5. The molecule has 2 N–H and O–H groups in total. The average Bonchev–Trinajstić information content (AvgIpc) is 3.64. The summed E-state index contributed by atoms with van der Waals surface area (Å²) in [5, 5.41) is 3.11. The van der Waals surface area contributed by atoms with E-state index in [9.17, 15) is 27.6 Å². The van der Waals surface area contributed by atoms with Gasteiger partial charge in [-0.3, -0.25) is 28.9 Å². The van der Waals surface area contributed by atoms with Crippen molar-refractivity contribution in [2.75, 3.05) is 32.7 Å². The van der Waals surface area contributed by atoms with Crippen LogP contribution in [0.4, 0.5) is 0 Å². The number of rotatable bonds is 15. The van der Waals surface area contributed by atoms with Gasteiger partial charge in [0.25, 0.3) is 0 Å². The van der Waals surface area contributed by atoms with Gasteiger partial charge in [0.2, 0.25) is 17.7 Å². The summed E-state index contributed by atoms with van der Waals surface area (Å²) in [5.41, 5.74) is -1.70. The van der Waals surface area contributed by atoms with Crippen molar-refractivity contribution in [1.29, 1.82) is 0 Å². The van der Waals surface area contributed by atoms with Crippen molar-refractivity contribution in [2.24, 2.45) is 38.9 Å². The second kappa shape index (κ2) is 15.8. The minimum Gasteiger partial charge on any atom is -0.341 e. The number of hydrogen-bond donors (Lipinski definition) is 2. The Morgan fingerprint density at radius 3 is 2.14 bits per heavy atom. The summed E-state index contributed by atoms with van der Waals surface area (Å²) < 4.78 is 30.0. The number of piperidine rings is 1. The number of nitrogens with one attached hydrogen (secondary N) is 2. The van der Waals surface area contributed by atoms with Crippen LogP contribution in [0.2, 0.25) is 0 Å². The standard InChI is InChI=1S/C46H67N5O7S/c1-8-32-27-44(32,41(56)48-59(57,58)50-24-15-16-25-50)29-37(53)35-28-46(43(6,7)45(46)21-17-22-45)30-51(35)40(55)33(42(3,4)5)26-36(52)38(31-18-11-10-12-19-31)47-39(54)34-20-13-14-23-49(34)9-2/h8,10-12,18-19,32-35,38H,1,9,13-17,20-30H2,2-7H3,(H,47,54)(H,48,56)/t32-,33-,34+,35+,38+,44-,46-/m1/s1. The number of allylic oxidation sites excluding steroid dienone is 1. The highest BCUT2D eigenvalue weighted by Crippen LogP contribution is 2.88. The minimum atomic E-state index is -4.07. The first-order valence-corrected chi connectivity index (χ1v) is 23.6. The monoisotopic (exact) mass is 833 g/mol. The fraction of sp³-hybridized carbons (Fsp3) is 0.717. The summed E-state index contributed by atoms with van der Waals surface area (Å²) in [5.74, 6) is -2.87. The van der Waals surface area contributed by atoms with E-state index < -0.39 is 44.9 Å². The number of amides is 3. The van der Waals surface area contributed by atoms with Crippen LogP contribution in [-0.2, 0) is 34.2 Å². The molecule has 0 unspecified atom stereocenters. The van der Waals surface area contributed by atoms with E-state index in [0.29, 0.717) is 44.5 Å². The Balaban J connectivity index is 1.16. The van der Waals surface area contributed by atoms with Crippen molar-refractivity contribution in [2.45, 2.75) is 137 Å². The van der Waals surface area contributed by atoms with Crippen molar-refractivity contribution >= 4 is 39.5 Å². The molecule has 3 amide bonds. The summed E-state index contributed by atoms with van der Waals surface area (Å²) in [6.45, 7) is 18.9. The predicted molar refractivity (Wildman–Crippen MR) is 226 cm³/mol. The molecule has 1 aromatic carbocycles. The number of nitrogens with zero attached hydrogens (tertiary/aromatic N) is 3. The molecule has 0 aromatic heterocycles. The van der Waals surface area contributed by atoms with Gasteiger partial charge in [0.05, 0.1) is 17.5 Å². The van der Waals surface area contributed by atoms with E-state index in [1.807, 2.05) is 58.0 Å². The third-order valence-electron chi connectivity index (χ3n) is 16.3.